The summed E-state index contributed by atoms with van der Waals surface area (Å²) in [6.07, 6.45) is 0.951. The maximum absolute atomic E-state index is 12.9. The molecule has 2 aromatic rings. The second kappa shape index (κ2) is 9.73. The van der Waals surface area contributed by atoms with E-state index in [-0.39, 0.29) is 17.9 Å². The van der Waals surface area contributed by atoms with E-state index >= 15 is 0 Å². The molecule has 7 nitrogen and oxygen atoms in total. The summed E-state index contributed by atoms with van der Waals surface area (Å²) in [6.45, 7) is 6.48. The van der Waals surface area contributed by atoms with E-state index < -0.39 is 6.10 Å². The molecule has 0 radical (unpaired) electrons. The Labute approximate surface area is 183 Å². The Morgan fingerprint density at radius 3 is 2.42 bits per heavy atom. The van der Waals surface area contributed by atoms with Gasteiger partial charge in [0.25, 0.3) is 11.8 Å². The number of fused-ring (bicyclic) bond motifs is 1. The van der Waals surface area contributed by atoms with E-state index in [1.807, 2.05) is 30.9 Å². The number of methoxy groups -OCH3 is 2. The van der Waals surface area contributed by atoms with E-state index in [1.165, 1.54) is 14.2 Å². The van der Waals surface area contributed by atoms with Crippen LogP contribution in [0.5, 0.6) is 17.2 Å². The van der Waals surface area contributed by atoms with Crippen LogP contribution in [0.25, 0.3) is 0 Å². The molecule has 2 aromatic carbocycles. The van der Waals surface area contributed by atoms with E-state index in [4.69, 9.17) is 14.2 Å². The fourth-order valence-electron chi connectivity index (χ4n) is 3.54. The van der Waals surface area contributed by atoms with Gasteiger partial charge < -0.3 is 24.4 Å². The third-order valence-corrected chi connectivity index (χ3v) is 5.59. The minimum absolute atomic E-state index is 0.00195. The van der Waals surface area contributed by atoms with Crippen LogP contribution in [0, 0.1) is 0 Å². The van der Waals surface area contributed by atoms with E-state index in [0.29, 0.717) is 41.5 Å². The topological polar surface area (TPSA) is 77.1 Å². The predicted octanol–water partition coefficient (Wildman–Crippen LogP) is 4.25. The quantitative estimate of drug-likeness (QED) is 0.716. The monoisotopic (exact) mass is 426 g/mol. The van der Waals surface area contributed by atoms with Crippen molar-refractivity contribution in [1.29, 1.82) is 0 Å². The highest BCUT2D eigenvalue weighted by atomic mass is 16.5. The first-order valence-corrected chi connectivity index (χ1v) is 10.5. The third kappa shape index (κ3) is 4.93. The van der Waals surface area contributed by atoms with Crippen molar-refractivity contribution in [3.8, 4) is 17.2 Å². The zero-order valence-electron chi connectivity index (χ0n) is 18.7. The molecule has 0 saturated carbocycles. The molecule has 1 heterocycles. The average Bonchev–Trinajstić information content (AvgIpc) is 2.93. The van der Waals surface area contributed by atoms with Crippen LogP contribution in [0.1, 0.15) is 49.5 Å². The maximum atomic E-state index is 12.9. The number of nitrogens with zero attached hydrogens (tertiary/aromatic N) is 1. The van der Waals surface area contributed by atoms with Crippen molar-refractivity contribution in [3.05, 3.63) is 47.5 Å². The molecule has 0 fully saturated rings. The van der Waals surface area contributed by atoms with Crippen LogP contribution in [-0.4, -0.2) is 43.1 Å². The molecule has 1 aliphatic rings. The summed E-state index contributed by atoms with van der Waals surface area (Å²) in [5, 5.41) is 2.92. The zero-order valence-corrected chi connectivity index (χ0v) is 18.7. The van der Waals surface area contributed by atoms with E-state index in [9.17, 15) is 9.59 Å². The molecule has 3 rings (SSSR count). The molecule has 0 bridgehead atoms. The Morgan fingerprint density at radius 2 is 1.84 bits per heavy atom. The van der Waals surface area contributed by atoms with Gasteiger partial charge in [-0.25, -0.2) is 0 Å². The number of rotatable bonds is 7. The van der Waals surface area contributed by atoms with Crippen molar-refractivity contribution in [1.82, 2.24) is 4.90 Å². The van der Waals surface area contributed by atoms with E-state index in [0.717, 1.165) is 12.0 Å². The Morgan fingerprint density at radius 1 is 1.16 bits per heavy atom. The maximum Gasteiger partial charge on any atom is 0.264 e. The van der Waals surface area contributed by atoms with Gasteiger partial charge in [-0.05, 0) is 50.1 Å². The number of hydrogen-bond donors (Lipinski definition) is 1. The van der Waals surface area contributed by atoms with Gasteiger partial charge in [-0.15, -0.1) is 0 Å². The number of carbonyl (C=O) groups excluding carboxylic acids is 2. The van der Waals surface area contributed by atoms with Gasteiger partial charge in [-0.1, -0.05) is 13.8 Å². The van der Waals surface area contributed by atoms with Crippen LogP contribution < -0.4 is 19.5 Å². The molecule has 166 valence electrons. The first-order chi connectivity index (χ1) is 14.9. The van der Waals surface area contributed by atoms with E-state index in [1.54, 1.807) is 24.3 Å². The van der Waals surface area contributed by atoms with Crippen molar-refractivity contribution in [2.24, 2.45) is 0 Å². The summed E-state index contributed by atoms with van der Waals surface area (Å²) in [5.74, 6) is 1.46. The zero-order chi connectivity index (χ0) is 22.5. The number of anilines is 1. The normalized spacial score (nSPS) is 16.6. The molecule has 2 amide bonds. The third-order valence-electron chi connectivity index (χ3n) is 5.59. The Hall–Kier alpha value is -3.22. The fourth-order valence-corrected chi connectivity index (χ4v) is 3.54. The average molecular weight is 427 g/mol. The Bertz CT molecular complexity index is 937. The number of ether oxygens (including phenoxy) is 3. The lowest BCUT2D eigenvalue weighted by molar-refractivity contribution is -0.140. The summed E-state index contributed by atoms with van der Waals surface area (Å²) in [6, 6.07) is 10.6. The molecular weight excluding hydrogens is 396 g/mol. The molecule has 1 aliphatic heterocycles. The van der Waals surface area contributed by atoms with Crippen molar-refractivity contribution >= 4 is 17.5 Å². The van der Waals surface area contributed by atoms with Gasteiger partial charge in [0.2, 0.25) is 0 Å². The largest absolute Gasteiger partial charge is 0.497 e. The van der Waals surface area contributed by atoms with Crippen LogP contribution in [0.4, 0.5) is 5.69 Å². The van der Waals surface area contributed by atoms with Crippen molar-refractivity contribution in [2.75, 3.05) is 19.5 Å². The summed E-state index contributed by atoms with van der Waals surface area (Å²) < 4.78 is 16.5. The molecule has 0 aromatic heterocycles. The molecule has 0 aliphatic carbocycles. The minimum Gasteiger partial charge on any atom is -0.497 e. The number of benzene rings is 2. The Balaban J connectivity index is 1.88. The second-order valence-corrected chi connectivity index (χ2v) is 7.62. The SMILES string of the molecule is CC[C@@H](C)N1Cc2cc(NC(=O)c3cc(OC)cc(OC)c3)ccc2O[C@H](CC)C1=O. The van der Waals surface area contributed by atoms with Crippen molar-refractivity contribution < 1.29 is 23.8 Å². The summed E-state index contributed by atoms with van der Waals surface area (Å²) in [4.78, 5) is 27.6. The van der Waals surface area contributed by atoms with Gasteiger partial charge in [0.15, 0.2) is 6.10 Å². The van der Waals surface area contributed by atoms with Gasteiger partial charge in [-0.2, -0.15) is 0 Å². The number of carbonyl (C=O) groups is 2. The molecule has 0 unspecified atom stereocenters. The van der Waals surface area contributed by atoms with Gasteiger partial charge in [0.05, 0.1) is 14.2 Å². The number of amides is 2. The first-order valence-electron chi connectivity index (χ1n) is 10.5. The molecule has 31 heavy (non-hydrogen) atoms. The second-order valence-electron chi connectivity index (χ2n) is 7.62. The lowest BCUT2D eigenvalue weighted by Gasteiger charge is -2.28. The number of hydrogen-bond acceptors (Lipinski definition) is 5. The van der Waals surface area contributed by atoms with Crippen LogP contribution >= 0.6 is 0 Å². The van der Waals surface area contributed by atoms with Gasteiger partial charge in [-0.3, -0.25) is 9.59 Å². The predicted molar refractivity (Wildman–Crippen MR) is 119 cm³/mol. The van der Waals surface area contributed by atoms with Gasteiger partial charge in [0, 0.05) is 35.5 Å². The van der Waals surface area contributed by atoms with Crippen molar-refractivity contribution in [3.63, 3.8) is 0 Å². The smallest absolute Gasteiger partial charge is 0.264 e. The highest BCUT2D eigenvalue weighted by molar-refractivity contribution is 6.05. The van der Waals surface area contributed by atoms with Crippen LogP contribution in [0.2, 0.25) is 0 Å². The fraction of sp³-hybridized carbons (Fsp3) is 0.417. The Kier molecular flexibility index (Phi) is 7.05. The summed E-state index contributed by atoms with van der Waals surface area (Å²) in [7, 11) is 3.08. The lowest BCUT2D eigenvalue weighted by Crippen LogP contribution is -2.43. The van der Waals surface area contributed by atoms with Crippen LogP contribution in [0.3, 0.4) is 0 Å². The lowest BCUT2D eigenvalue weighted by atomic mass is 10.1. The molecule has 0 spiro atoms. The first kappa shape index (κ1) is 22.5. The van der Waals surface area contributed by atoms with Crippen LogP contribution in [-0.2, 0) is 11.3 Å². The number of nitrogens with one attached hydrogen (secondary N) is 1. The summed E-state index contributed by atoms with van der Waals surface area (Å²) in [5.41, 5.74) is 1.91. The van der Waals surface area contributed by atoms with Gasteiger partial charge >= 0.3 is 0 Å². The van der Waals surface area contributed by atoms with Crippen molar-refractivity contribution in [2.45, 2.75) is 52.3 Å². The minimum atomic E-state index is -0.500. The van der Waals surface area contributed by atoms with E-state index in [2.05, 4.69) is 12.2 Å². The highest BCUT2D eigenvalue weighted by Crippen LogP contribution is 2.31. The molecule has 2 atom stereocenters. The highest BCUT2D eigenvalue weighted by Gasteiger charge is 2.32. The molecule has 1 N–H and O–H groups in total. The summed E-state index contributed by atoms with van der Waals surface area (Å²) >= 11 is 0. The molecule has 7 heteroatoms. The standard InChI is InChI=1S/C24H30N2O5/c1-6-15(3)26-14-17-10-18(8-9-22(17)31-21(7-2)24(26)28)25-23(27)16-11-19(29-4)13-20(12-16)30-5/h8-13,15,21H,6-7,14H2,1-5H3,(H,25,27)/t15-,21-/m1/s1. The van der Waals surface area contributed by atoms with Crippen LogP contribution in [0.15, 0.2) is 36.4 Å². The molecule has 0 saturated heterocycles. The van der Waals surface area contributed by atoms with Gasteiger partial charge in [0.1, 0.15) is 17.2 Å². The molecular formula is C24H30N2O5.